The molecule has 3 aromatic rings. The van der Waals surface area contributed by atoms with Gasteiger partial charge in [-0.15, -0.1) is 0 Å². The summed E-state index contributed by atoms with van der Waals surface area (Å²) in [6, 6.07) is 23.9. The van der Waals surface area contributed by atoms with Crippen LogP contribution in [0.15, 0.2) is 84.4 Å². The van der Waals surface area contributed by atoms with Crippen LogP contribution in [-0.2, 0) is 6.42 Å². The van der Waals surface area contributed by atoms with Gasteiger partial charge in [-0.3, -0.25) is 4.79 Å². The second-order valence-corrected chi connectivity index (χ2v) is 12.1. The smallest absolute Gasteiger partial charge is 0.160 e. The number of carbonyl (C=O) groups excluding carboxylic acids is 1. The van der Waals surface area contributed by atoms with Crippen LogP contribution in [0.1, 0.15) is 103 Å². The molecule has 228 valence electrons. The molecule has 0 saturated carbocycles. The molecule has 0 fully saturated rings. The maximum atomic E-state index is 11.6. The van der Waals surface area contributed by atoms with Gasteiger partial charge in [0.25, 0.3) is 0 Å². The molecule has 0 heterocycles. The summed E-state index contributed by atoms with van der Waals surface area (Å²) in [5.74, 6) is 1.22. The molecular formula is C39H55NO2. The van der Waals surface area contributed by atoms with Crippen LogP contribution in [0, 0.1) is 17.3 Å². The van der Waals surface area contributed by atoms with E-state index in [4.69, 9.17) is 0 Å². The van der Waals surface area contributed by atoms with Crippen molar-refractivity contribution in [2.45, 2.75) is 82.1 Å². The summed E-state index contributed by atoms with van der Waals surface area (Å²) >= 11 is 0. The van der Waals surface area contributed by atoms with Crippen molar-refractivity contribution in [3.05, 3.63) is 107 Å². The number of hydrogen-bond acceptors (Lipinski definition) is 3. The Bertz CT molecular complexity index is 1280. The number of phenols is 1. The lowest BCUT2D eigenvalue weighted by Gasteiger charge is -2.19. The van der Waals surface area contributed by atoms with Crippen molar-refractivity contribution < 1.29 is 9.90 Å². The minimum absolute atomic E-state index is 0.0197. The van der Waals surface area contributed by atoms with Crippen molar-refractivity contribution in [3.8, 4) is 5.75 Å². The van der Waals surface area contributed by atoms with E-state index >= 15 is 0 Å². The Hall–Kier alpha value is -3.59. The summed E-state index contributed by atoms with van der Waals surface area (Å²) in [7, 11) is 1.94. The summed E-state index contributed by atoms with van der Waals surface area (Å²) in [6.45, 7) is 21.3. The standard InChI is InChI=1S/C16H22O2.C15H23N.C8H10/c1-10(2)12(4)11(3)8-14-9-15(18)6-7-16(14)13(5)17;1-6-15(3,4)11-12(2)13-7-9-14(16-5)10-8-13;1-2-8-6-4-3-5-7-8/h6-10,12,18H,1-5H3;7-11,16H,6H2,1-5H3;3-7H,2H2,1H3/b11-8+;12-11+;. The second-order valence-electron chi connectivity index (χ2n) is 12.1. The lowest BCUT2D eigenvalue weighted by molar-refractivity contribution is 0.101. The number of ketones is 1. The molecule has 0 radical (unpaired) electrons. The quantitative estimate of drug-likeness (QED) is 0.252. The Balaban J connectivity index is 0.000000336. The molecule has 3 heteroatoms. The fraction of sp³-hybridized carbons (Fsp3) is 0.410. The van der Waals surface area contributed by atoms with E-state index in [1.54, 1.807) is 25.1 Å². The molecule has 0 saturated heterocycles. The Morgan fingerprint density at radius 3 is 1.95 bits per heavy atom. The first kappa shape index (κ1) is 36.4. The number of aromatic hydroxyl groups is 1. The van der Waals surface area contributed by atoms with Crippen molar-refractivity contribution in [2.75, 3.05) is 12.4 Å². The largest absolute Gasteiger partial charge is 0.508 e. The Morgan fingerprint density at radius 1 is 0.905 bits per heavy atom. The maximum Gasteiger partial charge on any atom is 0.160 e. The average Bonchev–Trinajstić information content (AvgIpc) is 2.97. The minimum Gasteiger partial charge on any atom is -0.508 e. The molecule has 3 nitrogen and oxygen atoms in total. The molecule has 0 aliphatic carbocycles. The van der Waals surface area contributed by atoms with E-state index in [0.717, 1.165) is 17.7 Å². The number of anilines is 1. The van der Waals surface area contributed by atoms with E-state index in [-0.39, 0.29) is 16.9 Å². The van der Waals surface area contributed by atoms with Crippen LogP contribution >= 0.6 is 0 Å². The van der Waals surface area contributed by atoms with Gasteiger partial charge in [-0.2, -0.15) is 0 Å². The van der Waals surface area contributed by atoms with Gasteiger partial charge in [-0.25, -0.2) is 0 Å². The molecule has 0 bridgehead atoms. The maximum absolute atomic E-state index is 11.6. The van der Waals surface area contributed by atoms with Gasteiger partial charge in [-0.05, 0) is 103 Å². The highest BCUT2D eigenvalue weighted by Crippen LogP contribution is 2.28. The fourth-order valence-electron chi connectivity index (χ4n) is 4.28. The molecule has 3 rings (SSSR count). The zero-order chi connectivity index (χ0) is 31.9. The van der Waals surface area contributed by atoms with Gasteiger partial charge in [0.15, 0.2) is 5.78 Å². The molecule has 1 atom stereocenters. The Labute approximate surface area is 256 Å². The predicted molar refractivity (Wildman–Crippen MR) is 185 cm³/mol. The van der Waals surface area contributed by atoms with E-state index in [1.165, 1.54) is 28.7 Å². The van der Waals surface area contributed by atoms with Crippen molar-refractivity contribution in [2.24, 2.45) is 17.3 Å². The highest BCUT2D eigenvalue weighted by atomic mass is 16.3. The van der Waals surface area contributed by atoms with Crippen molar-refractivity contribution in [3.63, 3.8) is 0 Å². The van der Waals surface area contributed by atoms with Gasteiger partial charge in [-0.1, -0.05) is 109 Å². The number of phenolic OH excluding ortho intramolecular Hbond substituents is 1. The SMILES string of the molecule is CC(=O)c1ccc(O)cc1/C=C(\C)C(C)C(C)C.CCC(C)(C)/C=C(\C)c1ccc(NC)cc1.CCc1ccccc1. The van der Waals surface area contributed by atoms with Gasteiger partial charge in [0.05, 0.1) is 0 Å². The first-order valence-corrected chi connectivity index (χ1v) is 15.3. The molecule has 0 spiro atoms. The fourth-order valence-corrected chi connectivity index (χ4v) is 4.28. The number of carbonyl (C=O) groups is 1. The molecule has 0 aromatic heterocycles. The van der Waals surface area contributed by atoms with Crippen LogP contribution in [0.25, 0.3) is 11.6 Å². The lowest BCUT2D eigenvalue weighted by atomic mass is 9.87. The molecule has 0 aliphatic rings. The molecular weight excluding hydrogens is 514 g/mol. The first-order chi connectivity index (χ1) is 19.7. The number of benzene rings is 3. The van der Waals surface area contributed by atoms with Crippen LogP contribution in [-0.4, -0.2) is 17.9 Å². The average molecular weight is 570 g/mol. The van der Waals surface area contributed by atoms with Gasteiger partial charge in [0, 0.05) is 18.3 Å². The van der Waals surface area contributed by atoms with Crippen molar-refractivity contribution in [1.82, 2.24) is 0 Å². The number of Topliss-reactive ketones (excluding diaryl/α,β-unsaturated/α-hetero) is 1. The molecule has 0 amide bonds. The van der Waals surface area contributed by atoms with Crippen LogP contribution in [0.2, 0.25) is 0 Å². The van der Waals surface area contributed by atoms with Crippen LogP contribution in [0.4, 0.5) is 5.69 Å². The molecule has 42 heavy (non-hydrogen) atoms. The summed E-state index contributed by atoms with van der Waals surface area (Å²) in [6.07, 6.45) is 6.67. The molecule has 3 aromatic carbocycles. The van der Waals surface area contributed by atoms with Crippen molar-refractivity contribution in [1.29, 1.82) is 0 Å². The summed E-state index contributed by atoms with van der Waals surface area (Å²) in [5.41, 5.74) is 8.19. The zero-order valence-corrected chi connectivity index (χ0v) is 28.0. The third kappa shape index (κ3) is 12.9. The summed E-state index contributed by atoms with van der Waals surface area (Å²) in [4.78, 5) is 11.6. The number of allylic oxidation sites excluding steroid dienone is 3. The Morgan fingerprint density at radius 2 is 1.50 bits per heavy atom. The van der Waals surface area contributed by atoms with Gasteiger partial charge >= 0.3 is 0 Å². The lowest BCUT2D eigenvalue weighted by Crippen LogP contribution is -2.05. The van der Waals surface area contributed by atoms with E-state index in [2.05, 4.69) is 122 Å². The number of nitrogens with one attached hydrogen (secondary N) is 1. The van der Waals surface area contributed by atoms with Gasteiger partial charge < -0.3 is 10.4 Å². The van der Waals surface area contributed by atoms with Crippen molar-refractivity contribution >= 4 is 23.1 Å². The highest BCUT2D eigenvalue weighted by molar-refractivity contribution is 5.98. The predicted octanol–water partition coefficient (Wildman–Crippen LogP) is 11.1. The van der Waals surface area contributed by atoms with Crippen LogP contribution < -0.4 is 5.32 Å². The van der Waals surface area contributed by atoms with E-state index in [1.807, 2.05) is 19.2 Å². The third-order valence-corrected chi connectivity index (χ3v) is 7.91. The second kappa shape index (κ2) is 18.1. The monoisotopic (exact) mass is 569 g/mol. The minimum atomic E-state index is 0.0197. The van der Waals surface area contributed by atoms with Gasteiger partial charge in [0.2, 0.25) is 0 Å². The molecule has 0 aliphatic heterocycles. The van der Waals surface area contributed by atoms with E-state index < -0.39 is 0 Å². The van der Waals surface area contributed by atoms with E-state index in [9.17, 15) is 9.90 Å². The number of rotatable bonds is 9. The van der Waals surface area contributed by atoms with Crippen LogP contribution in [0.5, 0.6) is 5.75 Å². The first-order valence-electron chi connectivity index (χ1n) is 15.3. The molecule has 2 N–H and O–H groups in total. The number of aryl methyl sites for hydroxylation is 1. The van der Waals surface area contributed by atoms with E-state index in [0.29, 0.717) is 17.4 Å². The topological polar surface area (TPSA) is 49.3 Å². The molecule has 1 unspecified atom stereocenters. The third-order valence-electron chi connectivity index (χ3n) is 7.91. The summed E-state index contributed by atoms with van der Waals surface area (Å²) in [5, 5.41) is 12.7. The normalized spacial score (nSPS) is 12.5. The number of hydrogen-bond donors (Lipinski definition) is 2. The zero-order valence-electron chi connectivity index (χ0n) is 28.0. The van der Waals surface area contributed by atoms with Crippen LogP contribution in [0.3, 0.4) is 0 Å². The Kier molecular flexibility index (Phi) is 15.7. The van der Waals surface area contributed by atoms with Gasteiger partial charge in [0.1, 0.15) is 5.75 Å². The summed E-state index contributed by atoms with van der Waals surface area (Å²) < 4.78 is 0. The highest BCUT2D eigenvalue weighted by Gasteiger charge is 2.13.